The van der Waals surface area contributed by atoms with Crippen molar-refractivity contribution < 1.29 is 25.2 Å². The summed E-state index contributed by atoms with van der Waals surface area (Å²) in [6.45, 7) is 0.655. The van der Waals surface area contributed by atoms with E-state index in [0.29, 0.717) is 0 Å². The Kier molecular flexibility index (Phi) is 4.71. The van der Waals surface area contributed by atoms with Crippen LogP contribution >= 0.6 is 0 Å². The summed E-state index contributed by atoms with van der Waals surface area (Å²) in [6.07, 6.45) is -4.49. The van der Waals surface area contributed by atoms with Gasteiger partial charge >= 0.3 is 0 Å². The van der Waals surface area contributed by atoms with E-state index in [1.54, 1.807) is 0 Å². The highest BCUT2D eigenvalue weighted by Crippen LogP contribution is 2.17. The number of Topliss-reactive ketones (excluding diaryl/α,β-unsaturated/α-hetero) is 1. The predicted octanol–water partition coefficient (Wildman–Crippen LogP) is -0.968. The lowest BCUT2D eigenvalue weighted by Crippen LogP contribution is -2.35. The largest absolute Gasteiger partial charge is 0.394 e. The first-order valence-electron chi connectivity index (χ1n) is 5.10. The summed E-state index contributed by atoms with van der Waals surface area (Å²) in [7, 11) is 0. The van der Waals surface area contributed by atoms with Crippen LogP contribution < -0.4 is 0 Å². The molecule has 0 fully saturated rings. The maximum Gasteiger partial charge on any atom is 0.178 e. The molecule has 1 rings (SSSR count). The molecular weight excluding hydrogens is 226 g/mol. The standard InChI is InChI=1S/C11H15NO5/c1-6(14)7-3-2-4-8(12-7)10(16)11(17)9(15)5-13/h2-4,9-11,13,15-17H,5H2,1H3/t9-,10-,11-/m1/s1. The maximum absolute atomic E-state index is 11.1. The van der Waals surface area contributed by atoms with E-state index < -0.39 is 24.9 Å². The topological polar surface area (TPSA) is 111 Å². The normalized spacial score (nSPS) is 16.3. The predicted molar refractivity (Wildman–Crippen MR) is 58.3 cm³/mol. The zero-order chi connectivity index (χ0) is 13.0. The molecule has 94 valence electrons. The lowest BCUT2D eigenvalue weighted by Gasteiger charge is -2.21. The van der Waals surface area contributed by atoms with Crippen molar-refractivity contribution in [3.63, 3.8) is 0 Å². The molecule has 3 atom stereocenters. The number of carbonyl (C=O) groups excluding carboxylic acids is 1. The van der Waals surface area contributed by atoms with Gasteiger partial charge in [0.05, 0.1) is 12.3 Å². The lowest BCUT2D eigenvalue weighted by atomic mass is 10.0. The molecule has 0 spiro atoms. The van der Waals surface area contributed by atoms with Gasteiger partial charge in [-0.25, -0.2) is 4.98 Å². The minimum Gasteiger partial charge on any atom is -0.394 e. The Hall–Kier alpha value is -1.34. The number of aliphatic hydroxyl groups is 4. The maximum atomic E-state index is 11.1. The number of nitrogens with zero attached hydrogens (tertiary/aromatic N) is 1. The van der Waals surface area contributed by atoms with Crippen LogP contribution in [0.4, 0.5) is 0 Å². The lowest BCUT2D eigenvalue weighted by molar-refractivity contribution is -0.0789. The number of rotatable bonds is 5. The van der Waals surface area contributed by atoms with Gasteiger partial charge in [-0.1, -0.05) is 6.07 Å². The van der Waals surface area contributed by atoms with Crippen molar-refractivity contribution in [2.24, 2.45) is 0 Å². The van der Waals surface area contributed by atoms with Crippen molar-refractivity contribution in [1.82, 2.24) is 4.98 Å². The Morgan fingerprint density at radius 1 is 1.35 bits per heavy atom. The molecule has 0 bridgehead atoms. The van der Waals surface area contributed by atoms with E-state index in [1.807, 2.05) is 0 Å². The molecule has 0 aliphatic carbocycles. The van der Waals surface area contributed by atoms with Crippen molar-refractivity contribution in [3.05, 3.63) is 29.6 Å². The first kappa shape index (κ1) is 13.7. The van der Waals surface area contributed by atoms with Gasteiger partial charge in [0, 0.05) is 6.92 Å². The first-order valence-corrected chi connectivity index (χ1v) is 5.10. The van der Waals surface area contributed by atoms with Gasteiger partial charge in [0.1, 0.15) is 24.0 Å². The van der Waals surface area contributed by atoms with E-state index in [2.05, 4.69) is 4.98 Å². The van der Waals surface area contributed by atoms with Crippen LogP contribution in [0.3, 0.4) is 0 Å². The monoisotopic (exact) mass is 241 g/mol. The molecule has 0 aromatic carbocycles. The fourth-order valence-corrected chi connectivity index (χ4v) is 1.31. The Morgan fingerprint density at radius 3 is 2.53 bits per heavy atom. The minimum atomic E-state index is -1.56. The zero-order valence-electron chi connectivity index (χ0n) is 9.32. The summed E-state index contributed by atoms with van der Waals surface area (Å²) in [5, 5.41) is 37.0. The molecule has 4 N–H and O–H groups in total. The van der Waals surface area contributed by atoms with Crippen LogP contribution in [-0.4, -0.2) is 50.0 Å². The molecule has 0 amide bonds. The highest BCUT2D eigenvalue weighted by molar-refractivity contribution is 5.92. The first-order chi connectivity index (χ1) is 7.97. The molecular formula is C11H15NO5. The van der Waals surface area contributed by atoms with Crippen molar-refractivity contribution in [1.29, 1.82) is 0 Å². The van der Waals surface area contributed by atoms with Crippen LogP contribution in [0.2, 0.25) is 0 Å². The van der Waals surface area contributed by atoms with Gasteiger partial charge in [-0.2, -0.15) is 0 Å². The second kappa shape index (κ2) is 5.83. The summed E-state index contributed by atoms with van der Waals surface area (Å²) >= 11 is 0. The molecule has 1 aromatic rings. The molecule has 6 heteroatoms. The molecule has 17 heavy (non-hydrogen) atoms. The summed E-state index contributed by atoms with van der Waals surface area (Å²) in [5.41, 5.74) is 0.227. The van der Waals surface area contributed by atoms with Crippen LogP contribution in [0.15, 0.2) is 18.2 Å². The van der Waals surface area contributed by atoms with Gasteiger partial charge in [0.2, 0.25) is 0 Å². The Morgan fingerprint density at radius 2 is 2.00 bits per heavy atom. The van der Waals surface area contributed by atoms with E-state index in [-0.39, 0.29) is 17.2 Å². The zero-order valence-corrected chi connectivity index (χ0v) is 9.32. The van der Waals surface area contributed by atoms with Gasteiger partial charge in [0.15, 0.2) is 5.78 Å². The molecule has 0 aliphatic rings. The molecule has 0 unspecified atom stereocenters. The average Bonchev–Trinajstić information content (AvgIpc) is 2.36. The minimum absolute atomic E-state index is 0.0673. The Labute approximate surface area is 98.2 Å². The summed E-state index contributed by atoms with van der Waals surface area (Å²) in [6, 6.07) is 4.41. The second-order valence-electron chi connectivity index (χ2n) is 3.69. The third-order valence-corrected chi connectivity index (χ3v) is 2.34. The Balaban J connectivity index is 2.92. The van der Waals surface area contributed by atoms with Gasteiger partial charge < -0.3 is 20.4 Å². The van der Waals surface area contributed by atoms with E-state index in [9.17, 15) is 20.1 Å². The van der Waals surface area contributed by atoms with Crippen molar-refractivity contribution in [2.45, 2.75) is 25.2 Å². The highest BCUT2D eigenvalue weighted by Gasteiger charge is 2.26. The van der Waals surface area contributed by atoms with Crippen molar-refractivity contribution in [3.8, 4) is 0 Å². The van der Waals surface area contributed by atoms with Gasteiger partial charge in [-0.3, -0.25) is 4.79 Å². The Bertz CT molecular complexity index is 395. The number of pyridine rings is 1. The van der Waals surface area contributed by atoms with Crippen LogP contribution in [0.5, 0.6) is 0 Å². The fourth-order valence-electron chi connectivity index (χ4n) is 1.31. The number of hydrogen-bond donors (Lipinski definition) is 4. The van der Waals surface area contributed by atoms with Gasteiger partial charge in [-0.15, -0.1) is 0 Å². The summed E-state index contributed by atoms with van der Waals surface area (Å²) in [4.78, 5) is 14.9. The number of hydrogen-bond acceptors (Lipinski definition) is 6. The molecule has 0 saturated heterocycles. The van der Waals surface area contributed by atoms with Gasteiger partial charge in [0.25, 0.3) is 0 Å². The molecule has 0 saturated carbocycles. The highest BCUT2D eigenvalue weighted by atomic mass is 16.4. The van der Waals surface area contributed by atoms with E-state index in [4.69, 9.17) is 5.11 Å². The second-order valence-corrected chi connectivity index (χ2v) is 3.69. The van der Waals surface area contributed by atoms with Crippen molar-refractivity contribution >= 4 is 5.78 Å². The van der Waals surface area contributed by atoms with E-state index in [0.717, 1.165) is 0 Å². The smallest absolute Gasteiger partial charge is 0.178 e. The molecule has 1 aromatic heterocycles. The summed E-state index contributed by atoms with van der Waals surface area (Å²) < 4.78 is 0. The number of carbonyl (C=O) groups is 1. The van der Waals surface area contributed by atoms with Crippen LogP contribution in [0.1, 0.15) is 29.2 Å². The number of aromatic nitrogens is 1. The average molecular weight is 241 g/mol. The van der Waals surface area contributed by atoms with E-state index >= 15 is 0 Å². The van der Waals surface area contributed by atoms with E-state index in [1.165, 1.54) is 25.1 Å². The molecule has 1 heterocycles. The quantitative estimate of drug-likeness (QED) is 0.494. The van der Waals surface area contributed by atoms with Crippen LogP contribution in [-0.2, 0) is 0 Å². The van der Waals surface area contributed by atoms with Crippen LogP contribution in [0, 0.1) is 0 Å². The third-order valence-electron chi connectivity index (χ3n) is 2.34. The summed E-state index contributed by atoms with van der Waals surface area (Å²) in [5.74, 6) is -0.267. The van der Waals surface area contributed by atoms with Crippen molar-refractivity contribution in [2.75, 3.05) is 6.61 Å². The SMILES string of the molecule is CC(=O)c1cccc([C@@H](O)[C@H](O)[C@H](O)CO)n1. The molecule has 6 nitrogen and oxygen atoms in total. The molecule has 0 aliphatic heterocycles. The third kappa shape index (κ3) is 3.31. The number of aliphatic hydroxyl groups excluding tert-OH is 4. The van der Waals surface area contributed by atoms with Crippen LogP contribution in [0.25, 0.3) is 0 Å². The number of ketones is 1. The fraction of sp³-hybridized carbons (Fsp3) is 0.455. The molecule has 0 radical (unpaired) electrons. The van der Waals surface area contributed by atoms with Gasteiger partial charge in [-0.05, 0) is 12.1 Å².